The third-order valence-corrected chi connectivity index (χ3v) is 4.68. The summed E-state index contributed by atoms with van der Waals surface area (Å²) in [6, 6.07) is 11.7. The Morgan fingerprint density at radius 1 is 1.00 bits per heavy atom. The lowest BCUT2D eigenvalue weighted by Gasteiger charge is -2.13. The fourth-order valence-electron chi connectivity index (χ4n) is 1.99. The van der Waals surface area contributed by atoms with Crippen LogP contribution in [0.4, 0.5) is 5.69 Å². The van der Waals surface area contributed by atoms with Crippen LogP contribution in [0.3, 0.4) is 0 Å². The second kappa shape index (κ2) is 6.70. The summed E-state index contributed by atoms with van der Waals surface area (Å²) in [6.45, 7) is 2.02. The number of methoxy groups -OCH3 is 2. The highest BCUT2D eigenvalue weighted by Gasteiger charge is 2.16. The molecule has 0 heterocycles. The molecule has 0 aliphatic heterocycles. The summed E-state index contributed by atoms with van der Waals surface area (Å²) in [5.74, 6) is 0.986. The first kappa shape index (κ1) is 16.2. The molecular weight excluding hydrogens is 302 g/mol. The molecule has 0 spiro atoms. The molecule has 118 valence electrons. The third-order valence-electron chi connectivity index (χ3n) is 3.29. The van der Waals surface area contributed by atoms with Crippen LogP contribution in [0.2, 0.25) is 0 Å². The molecular formula is C16H19NO4S. The van der Waals surface area contributed by atoms with Gasteiger partial charge < -0.3 is 9.47 Å². The Morgan fingerprint density at radius 3 is 2.23 bits per heavy atom. The van der Waals surface area contributed by atoms with E-state index in [1.807, 2.05) is 6.92 Å². The fourth-order valence-corrected chi connectivity index (χ4v) is 3.06. The van der Waals surface area contributed by atoms with Gasteiger partial charge in [-0.1, -0.05) is 19.1 Å². The molecule has 0 fully saturated rings. The van der Waals surface area contributed by atoms with E-state index in [4.69, 9.17) is 9.47 Å². The van der Waals surface area contributed by atoms with Gasteiger partial charge in [0.2, 0.25) is 0 Å². The molecule has 2 rings (SSSR count). The lowest BCUT2D eigenvalue weighted by atomic mass is 10.2. The third kappa shape index (κ3) is 3.51. The van der Waals surface area contributed by atoms with Crippen LogP contribution in [0.1, 0.15) is 12.5 Å². The van der Waals surface area contributed by atoms with Crippen LogP contribution >= 0.6 is 0 Å². The van der Waals surface area contributed by atoms with Crippen molar-refractivity contribution in [1.82, 2.24) is 0 Å². The average Bonchev–Trinajstić information content (AvgIpc) is 2.55. The van der Waals surface area contributed by atoms with Gasteiger partial charge in [0, 0.05) is 6.07 Å². The minimum atomic E-state index is -3.66. The number of hydrogen-bond donors (Lipinski definition) is 1. The molecule has 5 nitrogen and oxygen atoms in total. The van der Waals surface area contributed by atoms with Crippen molar-refractivity contribution >= 4 is 15.7 Å². The summed E-state index contributed by atoms with van der Waals surface area (Å²) in [4.78, 5) is 0.211. The van der Waals surface area contributed by atoms with E-state index in [9.17, 15) is 8.42 Å². The molecule has 1 N–H and O–H groups in total. The summed E-state index contributed by atoms with van der Waals surface area (Å²) >= 11 is 0. The van der Waals surface area contributed by atoms with Crippen LogP contribution < -0.4 is 14.2 Å². The van der Waals surface area contributed by atoms with Crippen LogP contribution in [0.15, 0.2) is 47.4 Å². The van der Waals surface area contributed by atoms with Gasteiger partial charge in [-0.05, 0) is 36.2 Å². The Hall–Kier alpha value is -2.21. The summed E-state index contributed by atoms with van der Waals surface area (Å²) < 4.78 is 37.7. The average molecular weight is 321 g/mol. The minimum absolute atomic E-state index is 0.211. The van der Waals surface area contributed by atoms with Gasteiger partial charge in [-0.3, -0.25) is 4.72 Å². The number of sulfonamides is 1. The minimum Gasteiger partial charge on any atom is -0.497 e. The standard InChI is InChI=1S/C16H19NO4S/c1-4-12-5-8-14(9-6-12)22(18,19)17-15-10-7-13(20-2)11-16(15)21-3/h5-11,17H,4H2,1-3H3. The number of nitrogens with one attached hydrogen (secondary N) is 1. The van der Waals surface area contributed by atoms with Crippen LogP contribution in [0.25, 0.3) is 0 Å². The smallest absolute Gasteiger partial charge is 0.262 e. The van der Waals surface area contributed by atoms with Gasteiger partial charge in [0.05, 0.1) is 24.8 Å². The zero-order chi connectivity index (χ0) is 16.2. The molecule has 2 aromatic carbocycles. The van der Waals surface area contributed by atoms with Gasteiger partial charge in [-0.25, -0.2) is 8.42 Å². The first-order valence-electron chi connectivity index (χ1n) is 6.84. The maximum Gasteiger partial charge on any atom is 0.262 e. The summed E-state index contributed by atoms with van der Waals surface area (Å²) in [5.41, 5.74) is 1.45. The van der Waals surface area contributed by atoms with Crippen molar-refractivity contribution in [3.05, 3.63) is 48.0 Å². The van der Waals surface area contributed by atoms with E-state index >= 15 is 0 Å². The normalized spacial score (nSPS) is 11.0. The van der Waals surface area contributed by atoms with Crippen molar-refractivity contribution in [2.75, 3.05) is 18.9 Å². The maximum atomic E-state index is 12.4. The Labute approximate surface area is 130 Å². The van der Waals surface area contributed by atoms with Gasteiger partial charge >= 0.3 is 0 Å². The van der Waals surface area contributed by atoms with E-state index in [1.54, 1.807) is 42.5 Å². The number of anilines is 1. The Morgan fingerprint density at radius 2 is 1.68 bits per heavy atom. The van der Waals surface area contributed by atoms with Gasteiger partial charge in [0.25, 0.3) is 10.0 Å². The zero-order valence-electron chi connectivity index (χ0n) is 12.8. The van der Waals surface area contributed by atoms with E-state index in [1.165, 1.54) is 14.2 Å². The number of hydrogen-bond acceptors (Lipinski definition) is 4. The van der Waals surface area contributed by atoms with Crippen molar-refractivity contribution < 1.29 is 17.9 Å². The molecule has 22 heavy (non-hydrogen) atoms. The SMILES string of the molecule is CCc1ccc(S(=O)(=O)Nc2ccc(OC)cc2OC)cc1. The first-order chi connectivity index (χ1) is 10.5. The summed E-state index contributed by atoms with van der Waals surface area (Å²) in [5, 5.41) is 0. The lowest BCUT2D eigenvalue weighted by molar-refractivity contribution is 0.395. The van der Waals surface area contributed by atoms with Gasteiger partial charge in [-0.15, -0.1) is 0 Å². The highest BCUT2D eigenvalue weighted by Crippen LogP contribution is 2.30. The van der Waals surface area contributed by atoms with Crippen molar-refractivity contribution in [1.29, 1.82) is 0 Å². The van der Waals surface area contributed by atoms with Crippen molar-refractivity contribution in [3.63, 3.8) is 0 Å². The number of rotatable bonds is 6. The van der Waals surface area contributed by atoms with Crippen LogP contribution in [0.5, 0.6) is 11.5 Å². The van der Waals surface area contributed by atoms with Crippen molar-refractivity contribution in [3.8, 4) is 11.5 Å². The topological polar surface area (TPSA) is 64.6 Å². The van der Waals surface area contributed by atoms with Gasteiger partial charge in [0.15, 0.2) is 0 Å². The van der Waals surface area contributed by atoms with Gasteiger partial charge in [-0.2, -0.15) is 0 Å². The Kier molecular flexibility index (Phi) is 4.92. The molecule has 0 unspecified atom stereocenters. The quantitative estimate of drug-likeness (QED) is 0.888. The Bertz CT molecular complexity index is 739. The van der Waals surface area contributed by atoms with Crippen LogP contribution in [-0.2, 0) is 16.4 Å². The molecule has 0 atom stereocenters. The number of aryl methyl sites for hydroxylation is 1. The molecule has 0 radical (unpaired) electrons. The number of ether oxygens (including phenoxy) is 2. The lowest BCUT2D eigenvalue weighted by Crippen LogP contribution is -2.13. The second-order valence-electron chi connectivity index (χ2n) is 4.67. The predicted octanol–water partition coefficient (Wildman–Crippen LogP) is 3.07. The second-order valence-corrected chi connectivity index (χ2v) is 6.35. The molecule has 0 amide bonds. The molecule has 0 bridgehead atoms. The van der Waals surface area contributed by atoms with E-state index in [-0.39, 0.29) is 4.90 Å². The van der Waals surface area contributed by atoms with Gasteiger partial charge in [0.1, 0.15) is 11.5 Å². The van der Waals surface area contributed by atoms with Crippen LogP contribution in [0, 0.1) is 0 Å². The number of benzene rings is 2. The molecule has 2 aromatic rings. The summed E-state index contributed by atoms with van der Waals surface area (Å²) in [6.07, 6.45) is 0.861. The summed E-state index contributed by atoms with van der Waals surface area (Å²) in [7, 11) is -0.651. The molecule has 0 aliphatic carbocycles. The van der Waals surface area contributed by atoms with Crippen molar-refractivity contribution in [2.45, 2.75) is 18.2 Å². The molecule has 0 saturated carbocycles. The van der Waals surface area contributed by atoms with E-state index in [0.717, 1.165) is 12.0 Å². The molecule has 0 saturated heterocycles. The maximum absolute atomic E-state index is 12.4. The van der Waals surface area contributed by atoms with E-state index in [0.29, 0.717) is 17.2 Å². The highest BCUT2D eigenvalue weighted by atomic mass is 32.2. The van der Waals surface area contributed by atoms with E-state index < -0.39 is 10.0 Å². The van der Waals surface area contributed by atoms with Crippen LogP contribution in [-0.4, -0.2) is 22.6 Å². The fraction of sp³-hybridized carbons (Fsp3) is 0.250. The Balaban J connectivity index is 2.31. The molecule has 6 heteroatoms. The first-order valence-corrected chi connectivity index (χ1v) is 8.32. The molecule has 0 aromatic heterocycles. The monoisotopic (exact) mass is 321 g/mol. The highest BCUT2D eigenvalue weighted by molar-refractivity contribution is 7.92. The van der Waals surface area contributed by atoms with E-state index in [2.05, 4.69) is 4.72 Å². The zero-order valence-corrected chi connectivity index (χ0v) is 13.6. The predicted molar refractivity (Wildman–Crippen MR) is 86.2 cm³/mol. The molecule has 0 aliphatic rings. The van der Waals surface area contributed by atoms with Crippen molar-refractivity contribution in [2.24, 2.45) is 0 Å². The largest absolute Gasteiger partial charge is 0.497 e.